The highest BCUT2D eigenvalue weighted by atomic mass is 15.1. The molecule has 0 spiro atoms. The van der Waals surface area contributed by atoms with E-state index >= 15 is 0 Å². The van der Waals surface area contributed by atoms with E-state index in [9.17, 15) is 0 Å². The molecule has 0 bridgehead atoms. The molecule has 1 saturated heterocycles. The van der Waals surface area contributed by atoms with Gasteiger partial charge in [0.15, 0.2) is 0 Å². The molecule has 1 N–H and O–H groups in total. The molecule has 1 unspecified atom stereocenters. The molecule has 1 aliphatic heterocycles. The fourth-order valence-corrected chi connectivity index (χ4v) is 1.23. The van der Waals surface area contributed by atoms with Crippen LogP contribution in [0.2, 0.25) is 0 Å². The van der Waals surface area contributed by atoms with Crippen molar-refractivity contribution in [3.8, 4) is 0 Å². The molecule has 1 aromatic carbocycles. The summed E-state index contributed by atoms with van der Waals surface area (Å²) in [5.41, 5.74) is 1.41. The third kappa shape index (κ3) is 3.48. The van der Waals surface area contributed by atoms with Gasteiger partial charge in [0.2, 0.25) is 0 Å². The number of benzene rings is 1. The van der Waals surface area contributed by atoms with Crippen molar-refractivity contribution in [2.75, 3.05) is 6.54 Å². The third-order valence-corrected chi connectivity index (χ3v) is 2.09. The molecule has 0 aliphatic carbocycles. The van der Waals surface area contributed by atoms with Crippen molar-refractivity contribution in [1.29, 1.82) is 0 Å². The Morgan fingerprint density at radius 1 is 1.00 bits per heavy atom. The van der Waals surface area contributed by atoms with Gasteiger partial charge in [0.05, 0.1) is 0 Å². The Kier molecular flexibility index (Phi) is 3.41. The van der Waals surface area contributed by atoms with Crippen LogP contribution in [-0.2, 0) is 0 Å². The molecule has 1 atom stereocenters. The van der Waals surface area contributed by atoms with Gasteiger partial charge < -0.3 is 5.32 Å². The van der Waals surface area contributed by atoms with Crippen molar-refractivity contribution >= 4 is 0 Å². The molecule has 1 fully saturated rings. The van der Waals surface area contributed by atoms with Crippen molar-refractivity contribution < 1.29 is 0 Å². The zero-order chi connectivity index (χ0) is 10.3. The Bertz CT molecular complexity index is 344. The van der Waals surface area contributed by atoms with Gasteiger partial charge in [-0.3, -0.25) is 0 Å². The lowest BCUT2D eigenvalue weighted by Crippen LogP contribution is -1.80. The first-order valence-electron chi connectivity index (χ1n) is 4.95. The normalized spacial score (nSPS) is 17.5. The second kappa shape index (κ2) is 5.22. The molecule has 3 nitrogen and oxygen atoms in total. The smallest absolute Gasteiger partial charge is 0.115 e. The van der Waals surface area contributed by atoms with Gasteiger partial charge in [0.1, 0.15) is 6.33 Å². The summed E-state index contributed by atoms with van der Waals surface area (Å²) >= 11 is 0. The summed E-state index contributed by atoms with van der Waals surface area (Å²) in [6.45, 7) is 1.16. The van der Waals surface area contributed by atoms with Crippen LogP contribution in [0.25, 0.3) is 0 Å². The molecule has 76 valence electrons. The van der Waals surface area contributed by atoms with E-state index in [0.717, 1.165) is 6.54 Å². The first-order chi connectivity index (χ1) is 7.47. The highest BCUT2D eigenvalue weighted by Gasteiger charge is 2.20. The van der Waals surface area contributed by atoms with Crippen LogP contribution in [-0.4, -0.2) is 16.5 Å². The van der Waals surface area contributed by atoms with Crippen LogP contribution in [0.15, 0.2) is 55.1 Å². The number of hydrogen-bond acceptors (Lipinski definition) is 3. The molecule has 0 saturated carbocycles. The van der Waals surface area contributed by atoms with Crippen LogP contribution in [0.4, 0.5) is 0 Å². The molecule has 15 heavy (non-hydrogen) atoms. The lowest BCUT2D eigenvalue weighted by molar-refractivity contribution is 1.08. The van der Waals surface area contributed by atoms with Gasteiger partial charge >= 0.3 is 0 Å². The minimum absolute atomic E-state index is 0.659. The molecule has 2 heterocycles. The summed E-state index contributed by atoms with van der Waals surface area (Å²) in [7, 11) is 0. The van der Waals surface area contributed by atoms with Crippen molar-refractivity contribution in [3.63, 3.8) is 0 Å². The van der Waals surface area contributed by atoms with Gasteiger partial charge in [-0.25, -0.2) is 9.97 Å². The van der Waals surface area contributed by atoms with E-state index in [1.54, 1.807) is 18.5 Å². The van der Waals surface area contributed by atoms with Crippen molar-refractivity contribution in [2.24, 2.45) is 0 Å². The van der Waals surface area contributed by atoms with Crippen LogP contribution in [0.5, 0.6) is 0 Å². The van der Waals surface area contributed by atoms with Crippen molar-refractivity contribution in [3.05, 3.63) is 60.7 Å². The van der Waals surface area contributed by atoms with Crippen LogP contribution >= 0.6 is 0 Å². The Labute approximate surface area is 89.2 Å². The molecule has 0 radical (unpaired) electrons. The predicted molar refractivity (Wildman–Crippen MR) is 59.2 cm³/mol. The fourth-order valence-electron chi connectivity index (χ4n) is 1.23. The lowest BCUT2D eigenvalue weighted by atomic mass is 10.2. The standard InChI is InChI=1S/C8H9N.C4H4N2/c1-2-4-7(5-3-1)8-6-9-8;1-2-5-4-6-3-1/h1-5,8-9H,6H2;1-4H. The minimum atomic E-state index is 0.659. The summed E-state index contributed by atoms with van der Waals surface area (Å²) in [5, 5.41) is 3.25. The van der Waals surface area contributed by atoms with Gasteiger partial charge in [-0.15, -0.1) is 0 Å². The average Bonchev–Trinajstić information content (AvgIpc) is 3.17. The Morgan fingerprint density at radius 2 is 1.67 bits per heavy atom. The van der Waals surface area contributed by atoms with E-state index in [1.807, 2.05) is 6.07 Å². The largest absolute Gasteiger partial charge is 0.307 e. The predicted octanol–water partition coefficient (Wildman–Crippen LogP) is 1.81. The van der Waals surface area contributed by atoms with E-state index in [-0.39, 0.29) is 0 Å². The molecule has 0 amide bonds. The first-order valence-corrected chi connectivity index (χ1v) is 4.95. The quantitative estimate of drug-likeness (QED) is 0.712. The number of hydrogen-bond donors (Lipinski definition) is 1. The molecule has 1 aromatic heterocycles. The van der Waals surface area contributed by atoms with E-state index in [0.29, 0.717) is 6.04 Å². The summed E-state index contributed by atoms with van der Waals surface area (Å²) in [6, 6.07) is 13.0. The van der Waals surface area contributed by atoms with Crippen molar-refractivity contribution in [2.45, 2.75) is 6.04 Å². The van der Waals surface area contributed by atoms with E-state index in [1.165, 1.54) is 11.9 Å². The monoisotopic (exact) mass is 199 g/mol. The number of nitrogens with zero attached hydrogens (tertiary/aromatic N) is 2. The van der Waals surface area contributed by atoms with Crippen molar-refractivity contribution in [1.82, 2.24) is 15.3 Å². The molecular formula is C12H13N3. The average molecular weight is 199 g/mol. The highest BCUT2D eigenvalue weighted by Crippen LogP contribution is 2.19. The van der Waals surface area contributed by atoms with Gasteiger partial charge in [-0.2, -0.15) is 0 Å². The molecule has 3 heteroatoms. The zero-order valence-electron chi connectivity index (χ0n) is 8.38. The first kappa shape index (κ1) is 9.80. The lowest BCUT2D eigenvalue weighted by Gasteiger charge is -1.91. The molecular weight excluding hydrogens is 186 g/mol. The highest BCUT2D eigenvalue weighted by molar-refractivity contribution is 5.22. The molecule has 1 aliphatic rings. The summed E-state index contributed by atoms with van der Waals surface area (Å²) in [6.07, 6.45) is 4.88. The van der Waals surface area contributed by atoms with Crippen LogP contribution < -0.4 is 5.32 Å². The second-order valence-corrected chi connectivity index (χ2v) is 3.28. The minimum Gasteiger partial charge on any atom is -0.307 e. The molecule has 3 rings (SSSR count). The number of aromatic nitrogens is 2. The maximum atomic E-state index is 3.67. The summed E-state index contributed by atoms with van der Waals surface area (Å²) < 4.78 is 0. The van der Waals surface area contributed by atoms with Gasteiger partial charge in [-0.1, -0.05) is 30.3 Å². The Balaban J connectivity index is 0.000000124. The maximum absolute atomic E-state index is 3.67. The fraction of sp³-hybridized carbons (Fsp3) is 0.167. The van der Waals surface area contributed by atoms with E-state index < -0.39 is 0 Å². The summed E-state index contributed by atoms with van der Waals surface area (Å²) in [4.78, 5) is 7.35. The van der Waals surface area contributed by atoms with Crippen LogP contribution in [0, 0.1) is 0 Å². The SMILES string of the molecule is c1ccc(C2CN2)cc1.c1cncnc1. The number of nitrogens with one attached hydrogen (secondary N) is 1. The van der Waals surface area contributed by atoms with Crippen LogP contribution in [0.1, 0.15) is 11.6 Å². The van der Waals surface area contributed by atoms with Gasteiger partial charge in [0.25, 0.3) is 0 Å². The van der Waals surface area contributed by atoms with Crippen LogP contribution in [0.3, 0.4) is 0 Å². The van der Waals surface area contributed by atoms with E-state index in [2.05, 4.69) is 39.6 Å². The zero-order valence-corrected chi connectivity index (χ0v) is 8.38. The van der Waals surface area contributed by atoms with Gasteiger partial charge in [-0.05, 0) is 11.6 Å². The third-order valence-electron chi connectivity index (χ3n) is 2.09. The molecule has 2 aromatic rings. The Hall–Kier alpha value is -1.74. The van der Waals surface area contributed by atoms with E-state index in [4.69, 9.17) is 0 Å². The second-order valence-electron chi connectivity index (χ2n) is 3.28. The van der Waals surface area contributed by atoms with Gasteiger partial charge in [0, 0.05) is 25.0 Å². The number of rotatable bonds is 1. The Morgan fingerprint density at radius 3 is 2.07 bits per heavy atom. The maximum Gasteiger partial charge on any atom is 0.115 e. The summed E-state index contributed by atoms with van der Waals surface area (Å²) in [5.74, 6) is 0. The topological polar surface area (TPSA) is 47.7 Å².